The standard InChI is InChI=1S/C16H19NO2/c1-13-15(9-11-19-13)12-17(2)10-8-16(18)14-6-4-3-5-7-14/h3-7,9,11H,8,10,12H2,1-2H3. The van der Waals surface area contributed by atoms with Gasteiger partial charge in [-0.15, -0.1) is 0 Å². The summed E-state index contributed by atoms with van der Waals surface area (Å²) in [4.78, 5) is 14.1. The van der Waals surface area contributed by atoms with E-state index in [4.69, 9.17) is 4.42 Å². The van der Waals surface area contributed by atoms with Gasteiger partial charge in [0.1, 0.15) is 5.76 Å². The Morgan fingerprint density at radius 2 is 1.95 bits per heavy atom. The zero-order valence-electron chi connectivity index (χ0n) is 11.4. The van der Waals surface area contributed by atoms with Crippen LogP contribution in [0, 0.1) is 6.92 Å². The van der Waals surface area contributed by atoms with E-state index in [-0.39, 0.29) is 5.78 Å². The second-order valence-electron chi connectivity index (χ2n) is 4.78. The average molecular weight is 257 g/mol. The summed E-state index contributed by atoms with van der Waals surface area (Å²) in [6.45, 7) is 3.51. The van der Waals surface area contributed by atoms with Gasteiger partial charge in [0.25, 0.3) is 0 Å². The van der Waals surface area contributed by atoms with Gasteiger partial charge in [0.15, 0.2) is 5.78 Å². The lowest BCUT2D eigenvalue weighted by Gasteiger charge is -2.15. The van der Waals surface area contributed by atoms with E-state index in [0.717, 1.165) is 24.4 Å². The number of Topliss-reactive ketones (excluding diaryl/α,β-unsaturated/α-hetero) is 1. The maximum Gasteiger partial charge on any atom is 0.164 e. The number of aryl methyl sites for hydroxylation is 1. The molecule has 3 nitrogen and oxygen atoms in total. The molecule has 2 aromatic rings. The fraction of sp³-hybridized carbons (Fsp3) is 0.312. The Bertz CT molecular complexity index is 531. The molecule has 0 radical (unpaired) electrons. The normalized spacial score (nSPS) is 10.9. The Kier molecular flexibility index (Phi) is 4.53. The molecule has 1 aromatic carbocycles. The van der Waals surface area contributed by atoms with Crippen molar-refractivity contribution in [3.8, 4) is 0 Å². The summed E-state index contributed by atoms with van der Waals surface area (Å²) < 4.78 is 5.27. The van der Waals surface area contributed by atoms with E-state index in [1.54, 1.807) is 6.26 Å². The Morgan fingerprint density at radius 3 is 2.58 bits per heavy atom. The van der Waals surface area contributed by atoms with Gasteiger partial charge < -0.3 is 9.32 Å². The van der Waals surface area contributed by atoms with Crippen LogP contribution in [0.3, 0.4) is 0 Å². The van der Waals surface area contributed by atoms with Crippen LogP contribution in [0.5, 0.6) is 0 Å². The van der Waals surface area contributed by atoms with E-state index in [0.29, 0.717) is 6.42 Å². The number of furan rings is 1. The van der Waals surface area contributed by atoms with Gasteiger partial charge in [0.05, 0.1) is 6.26 Å². The highest BCUT2D eigenvalue weighted by Crippen LogP contribution is 2.11. The highest BCUT2D eigenvalue weighted by Gasteiger charge is 2.09. The van der Waals surface area contributed by atoms with Gasteiger partial charge in [-0.05, 0) is 20.0 Å². The minimum Gasteiger partial charge on any atom is -0.469 e. The van der Waals surface area contributed by atoms with Crippen LogP contribution in [-0.2, 0) is 6.54 Å². The summed E-state index contributed by atoms with van der Waals surface area (Å²) in [5.41, 5.74) is 1.96. The monoisotopic (exact) mass is 257 g/mol. The molecule has 0 spiro atoms. The lowest BCUT2D eigenvalue weighted by molar-refractivity contribution is 0.0968. The number of benzene rings is 1. The van der Waals surface area contributed by atoms with Crippen LogP contribution in [0.25, 0.3) is 0 Å². The smallest absolute Gasteiger partial charge is 0.164 e. The highest BCUT2D eigenvalue weighted by atomic mass is 16.3. The molecule has 19 heavy (non-hydrogen) atoms. The molecule has 0 saturated carbocycles. The van der Waals surface area contributed by atoms with Gasteiger partial charge in [-0.3, -0.25) is 4.79 Å². The van der Waals surface area contributed by atoms with E-state index < -0.39 is 0 Å². The summed E-state index contributed by atoms with van der Waals surface area (Å²) in [6, 6.07) is 11.4. The van der Waals surface area contributed by atoms with Crippen molar-refractivity contribution in [2.75, 3.05) is 13.6 Å². The third-order valence-corrected chi connectivity index (χ3v) is 3.22. The fourth-order valence-electron chi connectivity index (χ4n) is 2.01. The Balaban J connectivity index is 1.82. The maximum atomic E-state index is 12.0. The highest BCUT2D eigenvalue weighted by molar-refractivity contribution is 5.96. The summed E-state index contributed by atoms with van der Waals surface area (Å²) in [7, 11) is 2.02. The van der Waals surface area contributed by atoms with Gasteiger partial charge in [-0.25, -0.2) is 0 Å². The number of carbonyl (C=O) groups excluding carboxylic acids is 1. The molecule has 1 heterocycles. The molecule has 0 aliphatic carbocycles. The second-order valence-corrected chi connectivity index (χ2v) is 4.78. The largest absolute Gasteiger partial charge is 0.469 e. The molecule has 0 aliphatic rings. The van der Waals surface area contributed by atoms with Crippen molar-refractivity contribution in [3.63, 3.8) is 0 Å². The molecule has 2 rings (SSSR count). The van der Waals surface area contributed by atoms with Gasteiger partial charge in [0, 0.05) is 30.6 Å². The molecular weight excluding hydrogens is 238 g/mol. The molecule has 0 N–H and O–H groups in total. The first-order chi connectivity index (χ1) is 9.16. The number of nitrogens with zero attached hydrogens (tertiary/aromatic N) is 1. The summed E-state index contributed by atoms with van der Waals surface area (Å²) >= 11 is 0. The van der Waals surface area contributed by atoms with Crippen LogP contribution in [0.4, 0.5) is 0 Å². The average Bonchev–Trinajstić information content (AvgIpc) is 2.82. The van der Waals surface area contributed by atoms with Gasteiger partial charge in [-0.1, -0.05) is 30.3 Å². The van der Waals surface area contributed by atoms with Crippen LogP contribution >= 0.6 is 0 Å². The van der Waals surface area contributed by atoms with E-state index in [2.05, 4.69) is 4.90 Å². The topological polar surface area (TPSA) is 33.5 Å². The predicted octanol–water partition coefficient (Wildman–Crippen LogP) is 3.29. The molecule has 0 bridgehead atoms. The Hall–Kier alpha value is -1.87. The first-order valence-electron chi connectivity index (χ1n) is 6.46. The number of hydrogen-bond donors (Lipinski definition) is 0. The number of hydrogen-bond acceptors (Lipinski definition) is 3. The van der Waals surface area contributed by atoms with Crippen LogP contribution in [-0.4, -0.2) is 24.3 Å². The van der Waals surface area contributed by atoms with Crippen molar-refractivity contribution in [1.29, 1.82) is 0 Å². The van der Waals surface area contributed by atoms with Crippen LogP contribution in [0.1, 0.15) is 28.1 Å². The second kappa shape index (κ2) is 6.34. The molecule has 0 amide bonds. The lowest BCUT2D eigenvalue weighted by Crippen LogP contribution is -2.21. The zero-order valence-corrected chi connectivity index (χ0v) is 11.4. The van der Waals surface area contributed by atoms with E-state index >= 15 is 0 Å². The van der Waals surface area contributed by atoms with Crippen molar-refractivity contribution in [1.82, 2.24) is 4.90 Å². The summed E-state index contributed by atoms with van der Waals surface area (Å²) in [5, 5.41) is 0. The van der Waals surface area contributed by atoms with Crippen LogP contribution < -0.4 is 0 Å². The van der Waals surface area contributed by atoms with E-state index in [9.17, 15) is 4.79 Å². The quantitative estimate of drug-likeness (QED) is 0.744. The first kappa shape index (κ1) is 13.6. The molecule has 1 aromatic heterocycles. The van der Waals surface area contributed by atoms with Crippen LogP contribution in [0.2, 0.25) is 0 Å². The van der Waals surface area contributed by atoms with Crippen LogP contribution in [0.15, 0.2) is 47.1 Å². The molecule has 0 aliphatic heterocycles. The van der Waals surface area contributed by atoms with Crippen molar-refractivity contribution >= 4 is 5.78 Å². The van der Waals surface area contributed by atoms with E-state index in [1.807, 2.05) is 50.4 Å². The Labute approximate surface area is 113 Å². The molecular formula is C16H19NO2. The molecule has 100 valence electrons. The zero-order chi connectivity index (χ0) is 13.7. The van der Waals surface area contributed by atoms with Crippen molar-refractivity contribution in [2.24, 2.45) is 0 Å². The number of carbonyl (C=O) groups is 1. The first-order valence-corrected chi connectivity index (χ1v) is 6.46. The van der Waals surface area contributed by atoms with E-state index in [1.165, 1.54) is 5.56 Å². The summed E-state index contributed by atoms with van der Waals surface area (Å²) in [6.07, 6.45) is 2.24. The molecule has 0 fully saturated rings. The fourth-order valence-corrected chi connectivity index (χ4v) is 2.01. The van der Waals surface area contributed by atoms with Gasteiger partial charge in [0.2, 0.25) is 0 Å². The third-order valence-electron chi connectivity index (χ3n) is 3.22. The number of ketones is 1. The minimum atomic E-state index is 0.191. The SMILES string of the molecule is Cc1occc1CN(C)CCC(=O)c1ccccc1. The number of rotatable bonds is 6. The molecule has 0 saturated heterocycles. The Morgan fingerprint density at radius 1 is 1.21 bits per heavy atom. The van der Waals surface area contributed by atoms with Crippen molar-refractivity contribution < 1.29 is 9.21 Å². The molecule has 0 unspecified atom stereocenters. The van der Waals surface area contributed by atoms with Gasteiger partial charge in [-0.2, -0.15) is 0 Å². The lowest BCUT2D eigenvalue weighted by atomic mass is 10.1. The molecule has 0 atom stereocenters. The molecule has 3 heteroatoms. The van der Waals surface area contributed by atoms with Crippen molar-refractivity contribution in [2.45, 2.75) is 19.9 Å². The van der Waals surface area contributed by atoms with Crippen molar-refractivity contribution in [3.05, 3.63) is 59.5 Å². The third kappa shape index (κ3) is 3.80. The summed E-state index contributed by atoms with van der Waals surface area (Å²) in [5.74, 6) is 1.14. The maximum absolute atomic E-state index is 12.0. The van der Waals surface area contributed by atoms with Gasteiger partial charge >= 0.3 is 0 Å². The minimum absolute atomic E-state index is 0.191. The predicted molar refractivity (Wildman–Crippen MR) is 75.2 cm³/mol.